The molecule has 1 heterocycles. The highest BCUT2D eigenvalue weighted by Gasteiger charge is 2.16. The molecule has 0 aliphatic carbocycles. The number of carbonyl (C=O) groups is 1. The fourth-order valence-electron chi connectivity index (χ4n) is 1.94. The van der Waals surface area contributed by atoms with E-state index in [0.29, 0.717) is 17.1 Å². The first kappa shape index (κ1) is 15.6. The van der Waals surface area contributed by atoms with Crippen molar-refractivity contribution in [3.05, 3.63) is 41.2 Å². The molecule has 6 heteroatoms. The molecule has 2 rings (SSSR count). The lowest BCUT2D eigenvalue weighted by Crippen LogP contribution is -2.35. The summed E-state index contributed by atoms with van der Waals surface area (Å²) in [7, 11) is 0. The molecule has 0 saturated heterocycles. The van der Waals surface area contributed by atoms with Crippen LogP contribution in [0.4, 0.5) is 4.39 Å². The van der Waals surface area contributed by atoms with Crippen LogP contribution in [0.25, 0.3) is 10.6 Å². The van der Waals surface area contributed by atoms with Crippen molar-refractivity contribution in [1.82, 2.24) is 9.88 Å². The van der Waals surface area contributed by atoms with Gasteiger partial charge in [0.1, 0.15) is 10.8 Å². The van der Waals surface area contributed by atoms with E-state index in [1.165, 1.54) is 17.4 Å². The Labute approximate surface area is 126 Å². The van der Waals surface area contributed by atoms with Crippen molar-refractivity contribution in [2.45, 2.75) is 26.4 Å². The van der Waals surface area contributed by atoms with Gasteiger partial charge in [0.05, 0.1) is 12.2 Å². The molecule has 0 spiro atoms. The number of halogens is 1. The monoisotopic (exact) mass is 308 g/mol. The fraction of sp³-hybridized carbons (Fsp3) is 0.333. The quantitative estimate of drug-likeness (QED) is 0.890. The summed E-state index contributed by atoms with van der Waals surface area (Å²) in [5.74, 6) is -1.17. The minimum atomic E-state index is -0.867. The molecule has 4 nitrogen and oxygen atoms in total. The number of aromatic nitrogens is 1. The fourth-order valence-corrected chi connectivity index (χ4v) is 2.78. The molecular weight excluding hydrogens is 291 g/mol. The van der Waals surface area contributed by atoms with E-state index in [2.05, 4.69) is 4.98 Å². The summed E-state index contributed by atoms with van der Waals surface area (Å²) >= 11 is 1.36. The number of nitrogens with zero attached hydrogens (tertiary/aromatic N) is 2. The van der Waals surface area contributed by atoms with Crippen LogP contribution < -0.4 is 0 Å². The Balaban J connectivity index is 2.16. The van der Waals surface area contributed by atoms with Gasteiger partial charge in [-0.2, -0.15) is 0 Å². The summed E-state index contributed by atoms with van der Waals surface area (Å²) in [6.07, 6.45) is 0. The SMILES string of the molecule is CC(C)N(CC(=O)O)Cc1csc(-c2ccccc2F)n1. The van der Waals surface area contributed by atoms with Crippen LogP contribution in [0.2, 0.25) is 0 Å². The largest absolute Gasteiger partial charge is 0.480 e. The number of benzene rings is 1. The minimum absolute atomic E-state index is 0.0375. The topological polar surface area (TPSA) is 53.4 Å². The highest BCUT2D eigenvalue weighted by molar-refractivity contribution is 7.13. The van der Waals surface area contributed by atoms with Crippen LogP contribution in [0.15, 0.2) is 29.6 Å². The van der Waals surface area contributed by atoms with E-state index in [1.807, 2.05) is 24.1 Å². The van der Waals surface area contributed by atoms with Gasteiger partial charge >= 0.3 is 5.97 Å². The summed E-state index contributed by atoms with van der Waals surface area (Å²) in [5.41, 5.74) is 1.23. The molecule has 0 fully saturated rings. The van der Waals surface area contributed by atoms with Gasteiger partial charge in [-0.25, -0.2) is 9.37 Å². The molecule has 1 aromatic carbocycles. The van der Waals surface area contributed by atoms with Crippen molar-refractivity contribution in [2.24, 2.45) is 0 Å². The molecule has 0 aliphatic heterocycles. The van der Waals surface area contributed by atoms with E-state index in [-0.39, 0.29) is 18.4 Å². The van der Waals surface area contributed by atoms with Gasteiger partial charge in [0, 0.05) is 23.5 Å². The molecule has 0 bridgehead atoms. The van der Waals surface area contributed by atoms with E-state index in [9.17, 15) is 9.18 Å². The number of hydrogen-bond donors (Lipinski definition) is 1. The molecule has 2 aromatic rings. The van der Waals surface area contributed by atoms with Gasteiger partial charge < -0.3 is 5.11 Å². The Bertz CT molecular complexity index is 628. The van der Waals surface area contributed by atoms with E-state index < -0.39 is 5.97 Å². The number of carboxylic acids is 1. The summed E-state index contributed by atoms with van der Waals surface area (Å²) in [6, 6.07) is 6.60. The Morgan fingerprint density at radius 2 is 2.14 bits per heavy atom. The molecular formula is C15H17FN2O2S. The first-order valence-electron chi connectivity index (χ1n) is 6.62. The van der Waals surface area contributed by atoms with E-state index in [0.717, 1.165) is 5.69 Å². The molecule has 1 N–H and O–H groups in total. The van der Waals surface area contributed by atoms with E-state index in [1.54, 1.807) is 18.2 Å². The maximum absolute atomic E-state index is 13.7. The lowest BCUT2D eigenvalue weighted by atomic mass is 10.2. The van der Waals surface area contributed by atoms with Crippen molar-refractivity contribution in [3.8, 4) is 10.6 Å². The number of thiazole rings is 1. The molecule has 0 unspecified atom stereocenters. The van der Waals surface area contributed by atoms with Gasteiger partial charge in [0.15, 0.2) is 0 Å². The first-order chi connectivity index (χ1) is 9.97. The second-order valence-electron chi connectivity index (χ2n) is 5.02. The maximum atomic E-state index is 13.7. The molecule has 21 heavy (non-hydrogen) atoms. The van der Waals surface area contributed by atoms with Crippen molar-refractivity contribution in [1.29, 1.82) is 0 Å². The molecule has 0 atom stereocenters. The van der Waals surface area contributed by atoms with Crippen LogP contribution in [-0.4, -0.2) is 33.5 Å². The van der Waals surface area contributed by atoms with Gasteiger partial charge in [0.25, 0.3) is 0 Å². The van der Waals surface area contributed by atoms with Crippen LogP contribution in [0.1, 0.15) is 19.5 Å². The van der Waals surface area contributed by atoms with Gasteiger partial charge in [-0.15, -0.1) is 11.3 Å². The molecule has 0 aliphatic rings. The van der Waals surface area contributed by atoms with Crippen LogP contribution in [-0.2, 0) is 11.3 Å². The van der Waals surface area contributed by atoms with Gasteiger partial charge in [-0.05, 0) is 26.0 Å². The van der Waals surface area contributed by atoms with Crippen LogP contribution in [0.5, 0.6) is 0 Å². The Hall–Kier alpha value is -1.79. The molecule has 0 saturated carbocycles. The second-order valence-corrected chi connectivity index (χ2v) is 5.87. The molecule has 0 radical (unpaired) electrons. The first-order valence-corrected chi connectivity index (χ1v) is 7.50. The lowest BCUT2D eigenvalue weighted by molar-refractivity contribution is -0.138. The molecule has 1 aromatic heterocycles. The summed E-state index contributed by atoms with van der Waals surface area (Å²) in [5, 5.41) is 11.4. The smallest absolute Gasteiger partial charge is 0.317 e. The highest BCUT2D eigenvalue weighted by atomic mass is 32.1. The zero-order chi connectivity index (χ0) is 15.4. The average Bonchev–Trinajstić information content (AvgIpc) is 2.86. The second kappa shape index (κ2) is 6.78. The number of aliphatic carboxylic acids is 1. The van der Waals surface area contributed by atoms with E-state index in [4.69, 9.17) is 5.11 Å². The predicted molar refractivity (Wildman–Crippen MR) is 80.7 cm³/mol. The van der Waals surface area contributed by atoms with Gasteiger partial charge in [-0.3, -0.25) is 9.69 Å². The third kappa shape index (κ3) is 4.09. The third-order valence-electron chi connectivity index (χ3n) is 3.09. The van der Waals surface area contributed by atoms with Crippen molar-refractivity contribution < 1.29 is 14.3 Å². The lowest BCUT2D eigenvalue weighted by Gasteiger charge is -2.23. The minimum Gasteiger partial charge on any atom is -0.480 e. The zero-order valence-electron chi connectivity index (χ0n) is 11.9. The van der Waals surface area contributed by atoms with Crippen LogP contribution in [0, 0.1) is 5.82 Å². The Kier molecular flexibility index (Phi) is 5.03. The summed E-state index contributed by atoms with van der Waals surface area (Å²) in [4.78, 5) is 17.1. The summed E-state index contributed by atoms with van der Waals surface area (Å²) in [6.45, 7) is 4.28. The molecule has 112 valence electrons. The predicted octanol–water partition coefficient (Wildman–Crippen LogP) is 3.24. The van der Waals surface area contributed by atoms with Crippen molar-refractivity contribution >= 4 is 17.3 Å². The number of hydrogen-bond acceptors (Lipinski definition) is 4. The number of rotatable bonds is 6. The Morgan fingerprint density at radius 3 is 2.76 bits per heavy atom. The van der Waals surface area contributed by atoms with Crippen molar-refractivity contribution in [3.63, 3.8) is 0 Å². The highest BCUT2D eigenvalue weighted by Crippen LogP contribution is 2.26. The summed E-state index contributed by atoms with van der Waals surface area (Å²) < 4.78 is 13.7. The van der Waals surface area contributed by atoms with Crippen LogP contribution in [0.3, 0.4) is 0 Å². The molecule has 0 amide bonds. The third-order valence-corrected chi connectivity index (χ3v) is 4.01. The zero-order valence-corrected chi connectivity index (χ0v) is 12.7. The normalized spacial score (nSPS) is 11.3. The van der Waals surface area contributed by atoms with Gasteiger partial charge in [0.2, 0.25) is 0 Å². The Morgan fingerprint density at radius 1 is 1.43 bits per heavy atom. The standard InChI is InChI=1S/C15H17FN2O2S/c1-10(2)18(8-14(19)20)7-11-9-21-15(17-11)12-5-3-4-6-13(12)16/h3-6,9-10H,7-8H2,1-2H3,(H,19,20). The van der Waals surface area contributed by atoms with Crippen LogP contribution >= 0.6 is 11.3 Å². The average molecular weight is 308 g/mol. The maximum Gasteiger partial charge on any atom is 0.317 e. The van der Waals surface area contributed by atoms with Gasteiger partial charge in [-0.1, -0.05) is 12.1 Å². The number of carboxylic acid groups (broad SMARTS) is 1. The van der Waals surface area contributed by atoms with Crippen molar-refractivity contribution in [2.75, 3.05) is 6.54 Å². The van der Waals surface area contributed by atoms with E-state index >= 15 is 0 Å².